The molecule has 34 heavy (non-hydrogen) atoms. The Morgan fingerprint density at radius 2 is 1.68 bits per heavy atom. The lowest BCUT2D eigenvalue weighted by Gasteiger charge is -2.39. The van der Waals surface area contributed by atoms with Gasteiger partial charge in [0.25, 0.3) is 0 Å². The third-order valence-corrected chi connectivity index (χ3v) is 7.91. The van der Waals surface area contributed by atoms with Crippen LogP contribution in [0.3, 0.4) is 0 Å². The van der Waals surface area contributed by atoms with E-state index in [0.717, 1.165) is 86.3 Å². The van der Waals surface area contributed by atoms with Gasteiger partial charge in [0.1, 0.15) is 0 Å². The van der Waals surface area contributed by atoms with Gasteiger partial charge in [-0.3, -0.25) is 4.90 Å². The lowest BCUT2D eigenvalue weighted by Crippen LogP contribution is -2.47. The minimum absolute atomic E-state index is 0.437. The second-order valence-corrected chi connectivity index (χ2v) is 11.2. The number of piperazine rings is 1. The first kappa shape index (κ1) is 24.9. The van der Waals surface area contributed by atoms with E-state index < -0.39 is 0 Å². The zero-order valence-corrected chi connectivity index (χ0v) is 22.1. The van der Waals surface area contributed by atoms with Crippen LogP contribution >= 0.6 is 11.6 Å². The van der Waals surface area contributed by atoms with Gasteiger partial charge in [0.2, 0.25) is 0 Å². The number of hydrogen-bond donors (Lipinski definition) is 1. The fourth-order valence-electron chi connectivity index (χ4n) is 5.10. The van der Waals surface area contributed by atoms with E-state index >= 15 is 0 Å². The van der Waals surface area contributed by atoms with E-state index in [-0.39, 0.29) is 0 Å². The van der Waals surface area contributed by atoms with Crippen molar-refractivity contribution >= 4 is 23.0 Å². The topological polar surface area (TPSA) is 21.8 Å². The van der Waals surface area contributed by atoms with E-state index in [1.807, 2.05) is 0 Å². The van der Waals surface area contributed by atoms with Crippen LogP contribution in [0.15, 0.2) is 60.5 Å². The van der Waals surface area contributed by atoms with Crippen molar-refractivity contribution in [1.82, 2.24) is 15.1 Å². The van der Waals surface area contributed by atoms with Crippen molar-refractivity contribution in [3.05, 3.63) is 71.1 Å². The summed E-state index contributed by atoms with van der Waals surface area (Å²) in [6.45, 7) is 22.5. The van der Waals surface area contributed by atoms with Crippen LogP contribution in [0.25, 0.3) is 5.70 Å². The van der Waals surface area contributed by atoms with Gasteiger partial charge < -0.3 is 15.1 Å². The SMILES string of the molecule is C=C(CN1CCN(c2ccc(C(=C)N3CCC(C)(C)CC3)cc2Cl)CC1)NC1=CCCC=C1C. The Morgan fingerprint density at radius 3 is 2.32 bits per heavy atom. The predicted octanol–water partition coefficient (Wildman–Crippen LogP) is 6.28. The molecular formula is C29H41ClN4. The average Bonchev–Trinajstić information content (AvgIpc) is 2.81. The van der Waals surface area contributed by atoms with Crippen LogP contribution in [0.5, 0.6) is 0 Å². The molecule has 1 aromatic carbocycles. The molecular weight excluding hydrogens is 440 g/mol. The molecule has 5 heteroatoms. The summed E-state index contributed by atoms with van der Waals surface area (Å²) in [5, 5.41) is 4.35. The van der Waals surface area contributed by atoms with Gasteiger partial charge >= 0.3 is 0 Å². The molecule has 0 spiro atoms. The number of benzene rings is 1. The number of rotatable bonds is 7. The molecule has 0 aromatic heterocycles. The van der Waals surface area contributed by atoms with Crippen molar-refractivity contribution in [1.29, 1.82) is 0 Å². The van der Waals surface area contributed by atoms with Gasteiger partial charge in [-0.25, -0.2) is 0 Å². The first-order chi connectivity index (χ1) is 16.2. The molecule has 2 saturated heterocycles. The highest BCUT2D eigenvalue weighted by atomic mass is 35.5. The van der Waals surface area contributed by atoms with Gasteiger partial charge in [0, 0.05) is 62.9 Å². The maximum atomic E-state index is 6.78. The summed E-state index contributed by atoms with van der Waals surface area (Å²) in [5.74, 6) is 0. The summed E-state index contributed by atoms with van der Waals surface area (Å²) in [6.07, 6.45) is 9.24. The monoisotopic (exact) mass is 480 g/mol. The molecule has 0 saturated carbocycles. The van der Waals surface area contributed by atoms with E-state index in [2.05, 4.69) is 84.3 Å². The molecule has 0 bridgehead atoms. The molecule has 0 atom stereocenters. The van der Waals surface area contributed by atoms with Crippen LogP contribution in [0.1, 0.15) is 52.0 Å². The summed E-state index contributed by atoms with van der Waals surface area (Å²) in [5.41, 5.74) is 7.40. The third kappa shape index (κ3) is 6.09. The van der Waals surface area contributed by atoms with Crippen LogP contribution in [0.2, 0.25) is 5.02 Å². The van der Waals surface area contributed by atoms with E-state index in [1.54, 1.807) is 0 Å². The Morgan fingerprint density at radius 1 is 1.00 bits per heavy atom. The van der Waals surface area contributed by atoms with Crippen LogP contribution in [0.4, 0.5) is 5.69 Å². The Balaban J connectivity index is 1.29. The summed E-state index contributed by atoms with van der Waals surface area (Å²) in [7, 11) is 0. The molecule has 184 valence electrons. The molecule has 2 heterocycles. The number of halogens is 1. The molecule has 2 aliphatic heterocycles. The number of anilines is 1. The Labute approximate surface area is 211 Å². The van der Waals surface area contributed by atoms with Gasteiger partial charge in [-0.05, 0) is 61.3 Å². The normalized spacial score (nSPS) is 21.1. The van der Waals surface area contributed by atoms with E-state index in [0.29, 0.717) is 5.41 Å². The summed E-state index contributed by atoms with van der Waals surface area (Å²) < 4.78 is 0. The lowest BCUT2D eigenvalue weighted by atomic mass is 9.82. The molecule has 0 unspecified atom stereocenters. The standard InChI is InChI=1S/C29H41ClN4/c1-22-8-6-7-9-27(22)31-23(2)21-32-16-18-34(19-17-32)28-11-10-25(20-26(28)30)24(3)33-14-12-29(4,5)13-15-33/h8-11,20,31H,2-3,6-7,12-19,21H2,1,4-5H3. The fraction of sp³-hybridized carbons (Fsp3) is 0.517. The average molecular weight is 481 g/mol. The predicted molar refractivity (Wildman–Crippen MR) is 147 cm³/mol. The zero-order chi connectivity index (χ0) is 24.3. The molecule has 1 N–H and O–H groups in total. The van der Waals surface area contributed by atoms with Crippen molar-refractivity contribution in [2.75, 3.05) is 50.7 Å². The van der Waals surface area contributed by atoms with Crippen molar-refractivity contribution in [3.63, 3.8) is 0 Å². The smallest absolute Gasteiger partial charge is 0.0646 e. The largest absolute Gasteiger partial charge is 0.371 e. The molecule has 4 rings (SSSR count). The highest BCUT2D eigenvalue weighted by molar-refractivity contribution is 6.33. The number of likely N-dealkylation sites (tertiary alicyclic amines) is 1. The van der Waals surface area contributed by atoms with E-state index in [1.165, 1.54) is 24.1 Å². The van der Waals surface area contributed by atoms with E-state index in [9.17, 15) is 0 Å². The summed E-state index contributed by atoms with van der Waals surface area (Å²) in [6, 6.07) is 6.47. The van der Waals surface area contributed by atoms with Crippen molar-refractivity contribution in [2.45, 2.75) is 46.5 Å². The first-order valence-electron chi connectivity index (χ1n) is 12.7. The quantitative estimate of drug-likeness (QED) is 0.495. The minimum atomic E-state index is 0.437. The van der Waals surface area contributed by atoms with Crippen molar-refractivity contribution in [3.8, 4) is 0 Å². The van der Waals surface area contributed by atoms with Gasteiger partial charge in [0.05, 0.1) is 10.7 Å². The molecule has 3 aliphatic rings. The maximum Gasteiger partial charge on any atom is 0.0646 e. The summed E-state index contributed by atoms with van der Waals surface area (Å²) in [4.78, 5) is 7.29. The molecule has 2 fully saturated rings. The highest BCUT2D eigenvalue weighted by Gasteiger charge is 2.26. The number of hydrogen-bond acceptors (Lipinski definition) is 4. The molecule has 0 amide bonds. The van der Waals surface area contributed by atoms with Gasteiger partial charge in [-0.2, -0.15) is 0 Å². The maximum absolute atomic E-state index is 6.78. The second-order valence-electron chi connectivity index (χ2n) is 10.8. The van der Waals surface area contributed by atoms with Gasteiger partial charge in [-0.15, -0.1) is 0 Å². The second kappa shape index (κ2) is 10.6. The molecule has 1 aliphatic carbocycles. The first-order valence-corrected chi connectivity index (χ1v) is 13.1. The van der Waals surface area contributed by atoms with Gasteiger partial charge in [0.15, 0.2) is 0 Å². The lowest BCUT2D eigenvalue weighted by molar-refractivity contribution is 0.181. The van der Waals surface area contributed by atoms with Crippen molar-refractivity contribution in [2.24, 2.45) is 5.41 Å². The third-order valence-electron chi connectivity index (χ3n) is 7.61. The highest BCUT2D eigenvalue weighted by Crippen LogP contribution is 2.35. The van der Waals surface area contributed by atoms with Crippen LogP contribution < -0.4 is 10.2 Å². The van der Waals surface area contributed by atoms with E-state index in [4.69, 9.17) is 11.6 Å². The van der Waals surface area contributed by atoms with Crippen LogP contribution in [-0.4, -0.2) is 55.6 Å². The Kier molecular flexibility index (Phi) is 7.79. The zero-order valence-electron chi connectivity index (χ0n) is 21.3. The van der Waals surface area contributed by atoms with Crippen LogP contribution in [0, 0.1) is 5.41 Å². The van der Waals surface area contributed by atoms with Crippen molar-refractivity contribution < 1.29 is 0 Å². The Hall–Kier alpha value is -2.17. The van der Waals surface area contributed by atoms with Crippen LogP contribution in [-0.2, 0) is 0 Å². The molecule has 4 nitrogen and oxygen atoms in total. The Bertz CT molecular complexity index is 972. The molecule has 1 aromatic rings. The molecule has 0 radical (unpaired) electrons. The number of nitrogens with one attached hydrogen (secondary N) is 1. The fourth-order valence-corrected chi connectivity index (χ4v) is 5.40. The number of nitrogens with zero attached hydrogens (tertiary/aromatic N) is 3. The number of allylic oxidation sites excluding steroid dienone is 3. The number of piperidine rings is 1. The van der Waals surface area contributed by atoms with Gasteiger partial charge in [-0.1, -0.05) is 56.8 Å². The minimum Gasteiger partial charge on any atom is -0.371 e. The summed E-state index contributed by atoms with van der Waals surface area (Å²) >= 11 is 6.78.